The minimum absolute atomic E-state index is 0.0301. The minimum Gasteiger partial charge on any atom is -0.455 e. The van der Waals surface area contributed by atoms with Crippen LogP contribution in [-0.2, 0) is 46.7 Å². The van der Waals surface area contributed by atoms with E-state index in [0.29, 0.717) is 0 Å². The first-order valence-corrected chi connectivity index (χ1v) is 21.9. The number of nitrogen functional groups attached to an aromatic ring is 2. The molecule has 0 aliphatic carbocycles. The van der Waals surface area contributed by atoms with Gasteiger partial charge >= 0.3 is 45.3 Å². The fourth-order valence-corrected chi connectivity index (χ4v) is 8.36. The van der Waals surface area contributed by atoms with Crippen molar-refractivity contribution in [3.05, 3.63) is 35.4 Å². The highest BCUT2D eigenvalue weighted by atomic mass is 31.2. The smallest absolute Gasteiger partial charge is 0.455 e. The van der Waals surface area contributed by atoms with E-state index >= 15 is 0 Å². The zero-order valence-corrected chi connectivity index (χ0v) is 35.2. The highest BCUT2D eigenvalue weighted by Crippen LogP contribution is 2.56. The number of nitrogens with one attached hydrogen (secondary N) is 2. The first kappa shape index (κ1) is 49.2. The number of phosphoric ester groups is 1. The number of hydrogen-bond acceptors (Lipinski definition) is 19. The van der Waals surface area contributed by atoms with Gasteiger partial charge in [-0.1, -0.05) is 0 Å². The van der Waals surface area contributed by atoms with Gasteiger partial charge in [-0.3, -0.25) is 23.0 Å². The number of carbonyl (C=O) groups excluding carboxylic acids is 3. The van der Waals surface area contributed by atoms with Crippen LogP contribution < -0.4 is 27.8 Å². The van der Waals surface area contributed by atoms with E-state index in [2.05, 4.69) is 29.8 Å². The third kappa shape index (κ3) is 12.9. The summed E-state index contributed by atoms with van der Waals surface area (Å²) in [7, 11) is -10.2. The van der Waals surface area contributed by atoms with Crippen LogP contribution in [0, 0.1) is 0 Å². The summed E-state index contributed by atoms with van der Waals surface area (Å²) in [5.41, 5.74) is 7.94. The standard InChI is InChI=1S/C32H45F3N10O16P2/c1-31(2,3)61-30(50)42-15(6-4-5-8-38-28(48)32(33,34)35)27(47)60-23-17(59-26(22(23)46)45-14-41-21-24(37)39-13-40-25(21)45)12-56-62(51,52)18-10-20(44-9-7-19(36)43-29(44)49)58-16(18)11-57-63(53,54)55/h7,9,13-18,20,22-23,26,46H,4-6,8,10-12H2,1-3H3,(H,38,48)(H,42,50)(H,51,52)(H2,36,43,49)(H2,37,39,40)(H2,53,54,55)/t15-,16+,17+,18-,20+,22+,23+,26+/m0/s1. The molecule has 1 unspecified atom stereocenters. The predicted molar refractivity (Wildman–Crippen MR) is 205 cm³/mol. The Kier molecular flexibility index (Phi) is 15.2. The zero-order chi connectivity index (χ0) is 46.7. The van der Waals surface area contributed by atoms with Crippen LogP contribution in [0.15, 0.2) is 29.7 Å². The summed E-state index contributed by atoms with van der Waals surface area (Å²) in [6.45, 7) is 2.21. The highest BCUT2D eigenvalue weighted by molar-refractivity contribution is 7.53. The van der Waals surface area contributed by atoms with Crippen LogP contribution in [0.4, 0.5) is 29.6 Å². The molecule has 0 spiro atoms. The molecule has 3 aromatic heterocycles. The summed E-state index contributed by atoms with van der Waals surface area (Å²) in [4.78, 5) is 96.2. The van der Waals surface area contributed by atoms with E-state index in [0.717, 1.165) is 17.2 Å². The van der Waals surface area contributed by atoms with E-state index in [1.807, 2.05) is 0 Å². The van der Waals surface area contributed by atoms with E-state index in [4.69, 9.17) is 34.9 Å². The van der Waals surface area contributed by atoms with E-state index in [1.54, 1.807) is 5.32 Å². The van der Waals surface area contributed by atoms with Crippen LogP contribution >= 0.6 is 15.4 Å². The Morgan fingerprint density at radius 3 is 2.37 bits per heavy atom. The number of anilines is 2. The van der Waals surface area contributed by atoms with Gasteiger partial charge in [-0.05, 0) is 46.1 Å². The lowest BCUT2D eigenvalue weighted by molar-refractivity contribution is -0.173. The maximum Gasteiger partial charge on any atom is 0.471 e. The Morgan fingerprint density at radius 1 is 1.02 bits per heavy atom. The number of phosphoric acid groups is 1. The van der Waals surface area contributed by atoms with Gasteiger partial charge in [0.1, 0.15) is 47.7 Å². The van der Waals surface area contributed by atoms with Crippen molar-refractivity contribution < 1.29 is 84.5 Å². The van der Waals surface area contributed by atoms with Crippen molar-refractivity contribution >= 4 is 56.2 Å². The minimum atomic E-state index is -5.17. The number of nitrogens with zero attached hydrogens (tertiary/aromatic N) is 6. The van der Waals surface area contributed by atoms with Gasteiger partial charge in [0.2, 0.25) is 0 Å². The first-order chi connectivity index (χ1) is 29.2. The summed E-state index contributed by atoms with van der Waals surface area (Å²) in [6.07, 6.45) is -13.5. The number of imidazole rings is 1. The monoisotopic (exact) mass is 944 g/mol. The Labute approximate surface area is 353 Å². The molecule has 2 fully saturated rings. The van der Waals surface area contributed by atoms with Crippen molar-refractivity contribution in [1.29, 1.82) is 0 Å². The zero-order valence-electron chi connectivity index (χ0n) is 33.4. The number of esters is 1. The number of rotatable bonds is 17. The third-order valence-corrected chi connectivity index (χ3v) is 11.7. The van der Waals surface area contributed by atoms with Crippen molar-refractivity contribution in [2.75, 3.05) is 31.2 Å². The molecule has 2 saturated heterocycles. The number of aromatic nitrogens is 6. The molecular weight excluding hydrogens is 899 g/mol. The Bertz CT molecular complexity index is 2290. The molecule has 3 aromatic rings. The second-order valence-electron chi connectivity index (χ2n) is 15.1. The molecule has 10 N–H and O–H groups in total. The molecule has 0 bridgehead atoms. The molecule has 2 aliphatic rings. The lowest BCUT2D eigenvalue weighted by atomic mass is 10.1. The maximum absolute atomic E-state index is 14.0. The molecule has 0 saturated carbocycles. The average molecular weight is 945 g/mol. The van der Waals surface area contributed by atoms with E-state index in [1.165, 1.54) is 37.6 Å². The number of hydrogen-bond donors (Lipinski definition) is 8. The Hall–Kier alpha value is -4.83. The summed E-state index contributed by atoms with van der Waals surface area (Å²) in [5.74, 6) is -3.64. The van der Waals surface area contributed by atoms with Crippen molar-refractivity contribution in [2.45, 2.75) is 107 Å². The second-order valence-corrected chi connectivity index (χ2v) is 18.4. The summed E-state index contributed by atoms with van der Waals surface area (Å²) < 4.78 is 98.4. The van der Waals surface area contributed by atoms with Crippen LogP contribution in [0.5, 0.6) is 0 Å². The highest BCUT2D eigenvalue weighted by Gasteiger charge is 2.52. The van der Waals surface area contributed by atoms with E-state index < -0.39 is 126 Å². The van der Waals surface area contributed by atoms with Crippen molar-refractivity contribution in [2.24, 2.45) is 0 Å². The molecule has 5 heterocycles. The maximum atomic E-state index is 14.0. The summed E-state index contributed by atoms with van der Waals surface area (Å²) in [5, 5.41) is 15.7. The van der Waals surface area contributed by atoms with Gasteiger partial charge in [-0.25, -0.2) is 33.9 Å². The lowest BCUT2D eigenvalue weighted by Crippen LogP contribution is -2.47. The quantitative estimate of drug-likeness (QED) is 0.0506. The fraction of sp³-hybridized carbons (Fsp3) is 0.625. The van der Waals surface area contributed by atoms with Crippen LogP contribution in [-0.4, -0.2) is 134 Å². The largest absolute Gasteiger partial charge is 0.471 e. The molecule has 0 radical (unpaired) electrons. The van der Waals surface area contributed by atoms with Crippen molar-refractivity contribution in [3.63, 3.8) is 0 Å². The molecule has 5 rings (SSSR count). The number of aliphatic hydroxyl groups excluding tert-OH is 1. The van der Waals surface area contributed by atoms with Gasteiger partial charge in [0.15, 0.2) is 23.8 Å². The molecular formula is C32H45F3N10O16P2. The topological polar surface area (TPSA) is 376 Å². The fourth-order valence-electron chi connectivity index (χ4n) is 6.45. The molecule has 9 atom stereocenters. The average Bonchev–Trinajstić information content (AvgIpc) is 3.87. The predicted octanol–water partition coefficient (Wildman–Crippen LogP) is 0.127. The van der Waals surface area contributed by atoms with Crippen LogP contribution in [0.3, 0.4) is 0 Å². The van der Waals surface area contributed by atoms with E-state index in [-0.39, 0.29) is 42.1 Å². The van der Waals surface area contributed by atoms with Gasteiger partial charge in [0, 0.05) is 19.2 Å². The molecule has 2 aliphatic heterocycles. The van der Waals surface area contributed by atoms with Gasteiger partial charge in [-0.15, -0.1) is 0 Å². The number of nitrogens with two attached hydrogens (primary N) is 2. The number of halogens is 3. The molecule has 31 heteroatoms. The van der Waals surface area contributed by atoms with Crippen LogP contribution in [0.2, 0.25) is 0 Å². The molecule has 63 heavy (non-hydrogen) atoms. The number of alkyl halides is 3. The van der Waals surface area contributed by atoms with Crippen molar-refractivity contribution in [3.8, 4) is 0 Å². The second kappa shape index (κ2) is 19.5. The number of amides is 2. The number of unbranched alkanes of at least 4 members (excludes halogenated alkanes) is 1. The normalized spacial score (nSPS) is 24.4. The van der Waals surface area contributed by atoms with Gasteiger partial charge in [-0.2, -0.15) is 18.2 Å². The number of carbonyl (C=O) groups is 3. The third-order valence-electron chi connectivity index (χ3n) is 9.28. The molecule has 2 amide bonds. The Balaban J connectivity index is 1.40. The van der Waals surface area contributed by atoms with Crippen LogP contribution in [0.25, 0.3) is 11.2 Å². The SMILES string of the molecule is CC(C)(C)OC(=O)N[C@@H](CCCCNC(=O)C(F)(F)F)C(=O)O[C@H]1[C@@H](O)[C@H](n2cnc3c(N)ncnc32)O[C@@H]1COP(=O)(O)[C@H]1C[C@H](n2ccc(N)nc2=O)O[C@@H]1COP(=O)(O)O. The van der Waals surface area contributed by atoms with E-state index in [9.17, 15) is 61.3 Å². The number of alkyl carbamates (subject to hydrolysis) is 1. The number of fused-ring (bicyclic) bond motifs is 1. The molecule has 350 valence electrons. The van der Waals surface area contributed by atoms with Crippen molar-refractivity contribution in [1.82, 2.24) is 39.7 Å². The number of aliphatic hydroxyl groups is 1. The van der Waals surface area contributed by atoms with Gasteiger partial charge in [0.05, 0.1) is 31.3 Å². The first-order valence-electron chi connectivity index (χ1n) is 18.7. The van der Waals surface area contributed by atoms with Crippen LogP contribution in [0.1, 0.15) is 58.9 Å². The molecule has 26 nitrogen and oxygen atoms in total. The summed E-state index contributed by atoms with van der Waals surface area (Å²) >= 11 is 0. The lowest BCUT2D eigenvalue weighted by Gasteiger charge is -2.27. The molecule has 0 aromatic carbocycles. The summed E-state index contributed by atoms with van der Waals surface area (Å²) in [6, 6.07) is -0.366. The van der Waals surface area contributed by atoms with Gasteiger partial charge in [0.25, 0.3) is 0 Å². The number of ether oxygens (including phenoxy) is 4. The van der Waals surface area contributed by atoms with Gasteiger partial charge < -0.3 is 65.4 Å². The Morgan fingerprint density at radius 2 is 1.71 bits per heavy atom.